The molecule has 0 radical (unpaired) electrons. The quantitative estimate of drug-likeness (QED) is 0.620. The number of aromatic nitrogens is 2. The summed E-state index contributed by atoms with van der Waals surface area (Å²) in [5, 5.41) is 20.9. The largest absolute Gasteiger partial charge is 0.481 e. The lowest BCUT2D eigenvalue weighted by molar-refractivity contribution is -0.138. The van der Waals surface area contributed by atoms with E-state index in [0.29, 0.717) is 37.3 Å². The first-order valence-electron chi connectivity index (χ1n) is 10.4. The van der Waals surface area contributed by atoms with Gasteiger partial charge in [0.2, 0.25) is 5.91 Å². The van der Waals surface area contributed by atoms with E-state index in [1.54, 1.807) is 4.90 Å². The second-order valence-corrected chi connectivity index (χ2v) is 7.93. The van der Waals surface area contributed by atoms with Gasteiger partial charge in [-0.05, 0) is 36.6 Å². The van der Waals surface area contributed by atoms with Crippen molar-refractivity contribution in [1.82, 2.24) is 14.5 Å². The number of nitrogens with zero attached hydrogens (tertiary/aromatic N) is 4. The maximum absolute atomic E-state index is 13.8. The number of carbonyl (C=O) groups is 2. The van der Waals surface area contributed by atoms with Gasteiger partial charge in [-0.25, -0.2) is 9.18 Å². The van der Waals surface area contributed by atoms with Crippen LogP contribution in [0.2, 0.25) is 0 Å². The molecule has 0 unspecified atom stereocenters. The summed E-state index contributed by atoms with van der Waals surface area (Å²) >= 11 is 0. The monoisotopic (exact) mass is 457 g/mol. The number of benzene rings is 1. The SMILES string of the molecule is Cn1c(=O)cc(N2CCC[C@@H](NC(=O)CCC(=O)O)C2)n(Cc2cc(F)ccc2C#N)c1=O. The molecule has 0 bridgehead atoms. The minimum absolute atomic E-state index is 0.116. The van der Waals surface area contributed by atoms with Gasteiger partial charge < -0.3 is 15.3 Å². The third-order valence-electron chi connectivity index (χ3n) is 5.57. The van der Waals surface area contributed by atoms with Crippen molar-refractivity contribution in [3.8, 4) is 6.07 Å². The second-order valence-electron chi connectivity index (χ2n) is 7.93. The van der Waals surface area contributed by atoms with E-state index in [9.17, 15) is 28.8 Å². The predicted octanol–water partition coefficient (Wildman–Crippen LogP) is 0.556. The van der Waals surface area contributed by atoms with Crippen LogP contribution in [0.15, 0.2) is 33.9 Å². The first kappa shape index (κ1) is 23.7. The van der Waals surface area contributed by atoms with Gasteiger partial charge in [-0.3, -0.25) is 23.5 Å². The van der Waals surface area contributed by atoms with E-state index >= 15 is 0 Å². The number of piperidine rings is 1. The zero-order valence-electron chi connectivity index (χ0n) is 18.1. The number of carbonyl (C=O) groups excluding carboxylic acids is 1. The Morgan fingerprint density at radius 1 is 1.27 bits per heavy atom. The Morgan fingerprint density at radius 3 is 2.73 bits per heavy atom. The summed E-state index contributed by atoms with van der Waals surface area (Å²) in [6.45, 7) is 0.705. The maximum atomic E-state index is 13.8. The van der Waals surface area contributed by atoms with E-state index in [1.165, 1.54) is 29.8 Å². The van der Waals surface area contributed by atoms with E-state index in [-0.39, 0.29) is 36.9 Å². The van der Waals surface area contributed by atoms with E-state index < -0.39 is 23.0 Å². The molecule has 2 N–H and O–H groups in total. The molecule has 1 aliphatic heterocycles. The zero-order valence-corrected chi connectivity index (χ0v) is 18.1. The van der Waals surface area contributed by atoms with Crippen molar-refractivity contribution >= 4 is 17.7 Å². The summed E-state index contributed by atoms with van der Waals surface area (Å²) in [4.78, 5) is 49.9. The molecule has 33 heavy (non-hydrogen) atoms. The van der Waals surface area contributed by atoms with Crippen molar-refractivity contribution in [2.45, 2.75) is 38.3 Å². The molecular weight excluding hydrogens is 433 g/mol. The van der Waals surface area contributed by atoms with Crippen LogP contribution in [0, 0.1) is 17.1 Å². The number of hydrogen-bond donors (Lipinski definition) is 2. The Bertz CT molecular complexity index is 1230. The molecule has 11 heteroatoms. The van der Waals surface area contributed by atoms with Crippen LogP contribution in [-0.2, 0) is 23.2 Å². The number of amides is 1. The Balaban J connectivity index is 1.91. The standard InChI is InChI=1S/C22H24FN5O5/c1-26-20(30)10-19(27-8-2-3-17(13-27)25-18(29)6-7-21(31)32)28(22(26)33)12-15-9-16(23)5-4-14(15)11-24/h4-5,9-10,17H,2-3,6-8,12-13H2,1H3,(H,25,29)(H,31,32)/t17-/m1/s1. The highest BCUT2D eigenvalue weighted by molar-refractivity contribution is 5.80. The number of hydrogen-bond acceptors (Lipinski definition) is 6. The normalized spacial score (nSPS) is 15.7. The Hall–Kier alpha value is -3.94. The van der Waals surface area contributed by atoms with E-state index in [2.05, 4.69) is 5.32 Å². The van der Waals surface area contributed by atoms with Crippen molar-refractivity contribution in [2.75, 3.05) is 18.0 Å². The number of carboxylic acids is 1. The van der Waals surface area contributed by atoms with Crippen molar-refractivity contribution < 1.29 is 19.1 Å². The minimum atomic E-state index is -1.06. The van der Waals surface area contributed by atoms with Crippen LogP contribution in [0.1, 0.15) is 36.8 Å². The van der Waals surface area contributed by atoms with Crippen molar-refractivity contribution in [3.05, 3.63) is 62.0 Å². The van der Waals surface area contributed by atoms with Crippen LogP contribution in [0.3, 0.4) is 0 Å². The summed E-state index contributed by atoms with van der Waals surface area (Å²) in [5.74, 6) is -1.69. The average molecular weight is 457 g/mol. The molecule has 1 aromatic carbocycles. The van der Waals surface area contributed by atoms with E-state index in [0.717, 1.165) is 10.6 Å². The topological polar surface area (TPSA) is 137 Å². The summed E-state index contributed by atoms with van der Waals surface area (Å²) in [6, 6.07) is 6.67. The van der Waals surface area contributed by atoms with Gasteiger partial charge in [-0.2, -0.15) is 5.26 Å². The van der Waals surface area contributed by atoms with E-state index in [4.69, 9.17) is 5.11 Å². The van der Waals surface area contributed by atoms with Crippen LogP contribution in [-0.4, -0.2) is 45.2 Å². The fourth-order valence-corrected chi connectivity index (χ4v) is 3.87. The van der Waals surface area contributed by atoms with Gasteiger partial charge in [0.15, 0.2) is 0 Å². The molecule has 2 aromatic rings. The van der Waals surface area contributed by atoms with Crippen molar-refractivity contribution in [2.24, 2.45) is 7.05 Å². The summed E-state index contributed by atoms with van der Waals surface area (Å²) in [7, 11) is 1.34. The molecule has 1 saturated heterocycles. The molecule has 3 rings (SSSR count). The molecule has 2 heterocycles. The number of carboxylic acid groups (broad SMARTS) is 1. The molecule has 174 valence electrons. The molecule has 1 aromatic heterocycles. The Kier molecular flexibility index (Phi) is 7.27. The lowest BCUT2D eigenvalue weighted by Gasteiger charge is -2.35. The first-order valence-corrected chi connectivity index (χ1v) is 10.4. The molecule has 0 aliphatic carbocycles. The maximum Gasteiger partial charge on any atom is 0.332 e. The molecular formula is C22H24FN5O5. The van der Waals surface area contributed by atoms with Gasteiger partial charge in [0.25, 0.3) is 5.56 Å². The van der Waals surface area contributed by atoms with Crippen molar-refractivity contribution in [3.63, 3.8) is 0 Å². The second kappa shape index (κ2) is 10.1. The lowest BCUT2D eigenvalue weighted by atomic mass is 10.0. The third kappa shape index (κ3) is 5.65. The molecule has 0 saturated carbocycles. The minimum Gasteiger partial charge on any atom is -0.481 e. The molecule has 0 spiro atoms. The molecule has 10 nitrogen and oxygen atoms in total. The number of nitrogens with one attached hydrogen (secondary N) is 1. The van der Waals surface area contributed by atoms with Gasteiger partial charge in [-0.1, -0.05) is 0 Å². The van der Waals surface area contributed by atoms with Crippen LogP contribution >= 0.6 is 0 Å². The highest BCUT2D eigenvalue weighted by Gasteiger charge is 2.25. The average Bonchev–Trinajstić information content (AvgIpc) is 2.78. The van der Waals surface area contributed by atoms with Crippen molar-refractivity contribution in [1.29, 1.82) is 5.26 Å². The van der Waals surface area contributed by atoms with Crippen LogP contribution in [0.25, 0.3) is 0 Å². The van der Waals surface area contributed by atoms with Crippen LogP contribution < -0.4 is 21.5 Å². The summed E-state index contributed by atoms with van der Waals surface area (Å²) < 4.78 is 16.1. The Morgan fingerprint density at radius 2 is 2.03 bits per heavy atom. The third-order valence-corrected chi connectivity index (χ3v) is 5.57. The fourth-order valence-electron chi connectivity index (χ4n) is 3.87. The number of rotatable bonds is 7. The van der Waals surface area contributed by atoms with Gasteiger partial charge in [0.1, 0.15) is 11.6 Å². The first-order chi connectivity index (χ1) is 15.7. The fraction of sp³-hybridized carbons (Fsp3) is 0.409. The van der Waals surface area contributed by atoms with E-state index in [1.807, 2.05) is 6.07 Å². The van der Waals surface area contributed by atoms with Gasteiger partial charge >= 0.3 is 11.7 Å². The summed E-state index contributed by atoms with van der Waals surface area (Å²) in [5.41, 5.74) is -0.614. The Labute approximate surface area is 188 Å². The lowest BCUT2D eigenvalue weighted by Crippen LogP contribution is -2.50. The number of anilines is 1. The molecule has 1 atom stereocenters. The van der Waals surface area contributed by atoms with Gasteiger partial charge in [0, 0.05) is 38.7 Å². The number of aliphatic carboxylic acids is 1. The predicted molar refractivity (Wildman–Crippen MR) is 116 cm³/mol. The van der Waals surface area contributed by atoms with Gasteiger partial charge in [-0.15, -0.1) is 0 Å². The summed E-state index contributed by atoms with van der Waals surface area (Å²) in [6.07, 6.45) is 0.911. The smallest absolute Gasteiger partial charge is 0.332 e. The highest BCUT2D eigenvalue weighted by Crippen LogP contribution is 2.20. The van der Waals surface area contributed by atoms with Crippen LogP contribution in [0.4, 0.5) is 10.2 Å². The number of halogens is 1. The highest BCUT2D eigenvalue weighted by atomic mass is 19.1. The molecule has 1 aliphatic rings. The van der Waals surface area contributed by atoms with Gasteiger partial charge in [0.05, 0.1) is 24.6 Å². The van der Waals surface area contributed by atoms with Crippen LogP contribution in [0.5, 0.6) is 0 Å². The number of nitriles is 1. The zero-order chi connectivity index (χ0) is 24.1. The molecule has 1 fully saturated rings. The molecule has 1 amide bonds.